The molecular weight excluding hydrogens is 387 g/mol. The summed E-state index contributed by atoms with van der Waals surface area (Å²) in [5.41, 5.74) is 2.06. The van der Waals surface area contributed by atoms with Crippen LogP contribution in [0.15, 0.2) is 36.4 Å². The summed E-state index contributed by atoms with van der Waals surface area (Å²) in [4.78, 5) is 14.3. The summed E-state index contributed by atoms with van der Waals surface area (Å²) in [6.07, 6.45) is 0. The summed E-state index contributed by atoms with van der Waals surface area (Å²) in [6, 6.07) is 10.7. The second-order valence-electron chi connectivity index (χ2n) is 5.97. The first-order valence-electron chi connectivity index (χ1n) is 8.59. The molecule has 1 N–H and O–H groups in total. The molecule has 0 aliphatic carbocycles. The SMILES string of the molecule is CCN(CC)c1c(C(=O)O)n(-c2cccc(OC)c2)c2ccc(Cl)c(Cl)c12. The largest absolute Gasteiger partial charge is 0.497 e. The number of anilines is 1. The highest BCUT2D eigenvalue weighted by Crippen LogP contribution is 2.43. The van der Waals surface area contributed by atoms with Gasteiger partial charge in [0.1, 0.15) is 5.75 Å². The number of hydrogen-bond acceptors (Lipinski definition) is 3. The van der Waals surface area contributed by atoms with E-state index < -0.39 is 5.97 Å². The number of aromatic nitrogens is 1. The van der Waals surface area contributed by atoms with Gasteiger partial charge in [0.2, 0.25) is 0 Å². The van der Waals surface area contributed by atoms with Gasteiger partial charge in [-0.1, -0.05) is 29.3 Å². The maximum atomic E-state index is 12.3. The van der Waals surface area contributed by atoms with Crippen LogP contribution in [0.5, 0.6) is 5.75 Å². The molecule has 0 saturated carbocycles. The molecule has 7 heteroatoms. The maximum Gasteiger partial charge on any atom is 0.355 e. The normalized spacial score (nSPS) is 11.0. The molecule has 0 aliphatic rings. The van der Waals surface area contributed by atoms with E-state index in [4.69, 9.17) is 27.9 Å². The number of carbonyl (C=O) groups is 1. The van der Waals surface area contributed by atoms with Crippen molar-refractivity contribution in [2.75, 3.05) is 25.1 Å². The molecule has 0 bridgehead atoms. The van der Waals surface area contributed by atoms with E-state index in [0.717, 1.165) is 0 Å². The molecule has 0 aliphatic heterocycles. The van der Waals surface area contributed by atoms with Crippen molar-refractivity contribution in [1.29, 1.82) is 0 Å². The van der Waals surface area contributed by atoms with Crippen LogP contribution < -0.4 is 9.64 Å². The number of halogens is 2. The molecule has 142 valence electrons. The van der Waals surface area contributed by atoms with Gasteiger partial charge in [-0.3, -0.25) is 0 Å². The molecule has 1 aromatic heterocycles. The van der Waals surface area contributed by atoms with Gasteiger partial charge >= 0.3 is 5.97 Å². The van der Waals surface area contributed by atoms with Crippen molar-refractivity contribution < 1.29 is 14.6 Å². The van der Waals surface area contributed by atoms with Gasteiger partial charge in [-0.25, -0.2) is 4.79 Å². The highest BCUT2D eigenvalue weighted by atomic mass is 35.5. The van der Waals surface area contributed by atoms with E-state index in [9.17, 15) is 9.90 Å². The number of nitrogens with zero attached hydrogens (tertiary/aromatic N) is 2. The van der Waals surface area contributed by atoms with E-state index in [1.807, 2.05) is 36.9 Å². The van der Waals surface area contributed by atoms with Crippen LogP contribution in [0.25, 0.3) is 16.6 Å². The number of aromatic carboxylic acids is 1. The Kier molecular flexibility index (Phi) is 5.53. The molecule has 0 amide bonds. The Hall–Kier alpha value is -2.37. The van der Waals surface area contributed by atoms with Gasteiger partial charge in [0, 0.05) is 24.5 Å². The lowest BCUT2D eigenvalue weighted by Crippen LogP contribution is -2.24. The molecule has 5 nitrogen and oxygen atoms in total. The predicted octanol–water partition coefficient (Wildman–Crippen LogP) is 5.49. The summed E-state index contributed by atoms with van der Waals surface area (Å²) in [7, 11) is 1.57. The van der Waals surface area contributed by atoms with Crippen LogP contribution in [-0.2, 0) is 0 Å². The van der Waals surface area contributed by atoms with Crippen molar-refractivity contribution in [3.8, 4) is 11.4 Å². The fourth-order valence-corrected chi connectivity index (χ4v) is 3.77. The van der Waals surface area contributed by atoms with Crippen LogP contribution in [0.3, 0.4) is 0 Å². The molecule has 1 heterocycles. The second kappa shape index (κ2) is 7.71. The van der Waals surface area contributed by atoms with E-state index in [1.54, 1.807) is 29.9 Å². The van der Waals surface area contributed by atoms with Crippen LogP contribution in [0, 0.1) is 0 Å². The predicted molar refractivity (Wildman–Crippen MR) is 110 cm³/mol. The van der Waals surface area contributed by atoms with Crippen molar-refractivity contribution in [2.45, 2.75) is 13.8 Å². The molecule has 0 spiro atoms. The minimum absolute atomic E-state index is 0.145. The lowest BCUT2D eigenvalue weighted by atomic mass is 10.2. The van der Waals surface area contributed by atoms with Crippen LogP contribution in [-0.4, -0.2) is 35.8 Å². The van der Waals surface area contributed by atoms with Crippen LogP contribution in [0.2, 0.25) is 10.0 Å². The monoisotopic (exact) mass is 406 g/mol. The highest BCUT2D eigenvalue weighted by Gasteiger charge is 2.28. The minimum atomic E-state index is -1.04. The molecular formula is C20H20Cl2N2O3. The number of fused-ring (bicyclic) bond motifs is 1. The highest BCUT2D eigenvalue weighted by molar-refractivity contribution is 6.46. The molecule has 0 fully saturated rings. The standard InChI is InChI=1S/C20H20Cl2N2O3/c1-4-23(5-2)18-16-15(10-9-14(21)17(16)22)24(19(18)20(25)26)12-7-6-8-13(11-12)27-3/h6-11H,4-5H2,1-3H3,(H,25,26). The second-order valence-corrected chi connectivity index (χ2v) is 6.75. The smallest absolute Gasteiger partial charge is 0.355 e. The molecule has 0 atom stereocenters. The van der Waals surface area contributed by atoms with Crippen LogP contribution >= 0.6 is 23.2 Å². The van der Waals surface area contributed by atoms with Gasteiger partial charge in [0.25, 0.3) is 0 Å². The van der Waals surface area contributed by atoms with Crippen molar-refractivity contribution >= 4 is 45.8 Å². The number of ether oxygens (including phenoxy) is 1. The van der Waals surface area contributed by atoms with Crippen LogP contribution in [0.1, 0.15) is 24.3 Å². The number of methoxy groups -OCH3 is 1. The Morgan fingerprint density at radius 3 is 2.48 bits per heavy atom. The molecule has 3 rings (SSSR count). The zero-order valence-corrected chi connectivity index (χ0v) is 16.8. The van der Waals surface area contributed by atoms with E-state index in [-0.39, 0.29) is 5.69 Å². The van der Waals surface area contributed by atoms with Gasteiger partial charge in [-0.05, 0) is 38.1 Å². The Bertz CT molecular complexity index is 1010. The molecule has 0 radical (unpaired) electrons. The summed E-state index contributed by atoms with van der Waals surface area (Å²) in [5, 5.41) is 11.4. The zero-order chi connectivity index (χ0) is 19.7. The fourth-order valence-electron chi connectivity index (χ4n) is 3.36. The summed E-state index contributed by atoms with van der Waals surface area (Å²) in [6.45, 7) is 5.22. The average Bonchev–Trinajstić information content (AvgIpc) is 3.02. The van der Waals surface area contributed by atoms with Crippen molar-refractivity contribution in [3.63, 3.8) is 0 Å². The van der Waals surface area contributed by atoms with Gasteiger partial charge < -0.3 is 19.3 Å². The Labute approximate surface area is 167 Å². The van der Waals surface area contributed by atoms with Gasteiger partial charge in [0.15, 0.2) is 5.69 Å². The van der Waals surface area contributed by atoms with E-state index >= 15 is 0 Å². The Morgan fingerprint density at radius 2 is 1.89 bits per heavy atom. The third-order valence-corrected chi connectivity index (χ3v) is 5.40. The third-order valence-electron chi connectivity index (χ3n) is 4.59. The summed E-state index contributed by atoms with van der Waals surface area (Å²) < 4.78 is 7.00. The number of benzene rings is 2. The average molecular weight is 407 g/mol. The van der Waals surface area contributed by atoms with E-state index in [1.165, 1.54) is 0 Å². The topological polar surface area (TPSA) is 54.7 Å². The van der Waals surface area contributed by atoms with Gasteiger partial charge in [-0.15, -0.1) is 0 Å². The Balaban J connectivity index is 2.51. The van der Waals surface area contributed by atoms with E-state index in [0.29, 0.717) is 51.2 Å². The first-order chi connectivity index (χ1) is 12.9. The maximum absolute atomic E-state index is 12.3. The molecule has 0 saturated heterocycles. The van der Waals surface area contributed by atoms with E-state index in [2.05, 4.69) is 0 Å². The molecule has 27 heavy (non-hydrogen) atoms. The fraction of sp³-hybridized carbons (Fsp3) is 0.250. The zero-order valence-electron chi connectivity index (χ0n) is 15.3. The summed E-state index contributed by atoms with van der Waals surface area (Å²) >= 11 is 12.8. The number of carboxylic acid groups (broad SMARTS) is 1. The van der Waals surface area contributed by atoms with Gasteiger partial charge in [0.05, 0.1) is 34.0 Å². The van der Waals surface area contributed by atoms with Crippen molar-refractivity contribution in [1.82, 2.24) is 4.57 Å². The number of hydrogen-bond donors (Lipinski definition) is 1. The number of rotatable bonds is 6. The first-order valence-corrected chi connectivity index (χ1v) is 9.35. The summed E-state index contributed by atoms with van der Waals surface area (Å²) in [5.74, 6) is -0.404. The van der Waals surface area contributed by atoms with Gasteiger partial charge in [-0.2, -0.15) is 0 Å². The first kappa shape index (κ1) is 19.4. The lowest BCUT2D eigenvalue weighted by Gasteiger charge is -2.22. The number of carboxylic acids is 1. The quantitative estimate of drug-likeness (QED) is 0.587. The van der Waals surface area contributed by atoms with Crippen molar-refractivity contribution in [2.24, 2.45) is 0 Å². The molecule has 2 aromatic carbocycles. The van der Waals surface area contributed by atoms with Crippen LogP contribution in [0.4, 0.5) is 5.69 Å². The molecule has 3 aromatic rings. The Morgan fingerprint density at radius 1 is 1.19 bits per heavy atom. The lowest BCUT2D eigenvalue weighted by molar-refractivity contribution is 0.0689. The van der Waals surface area contributed by atoms with Crippen molar-refractivity contribution in [3.05, 3.63) is 52.1 Å². The minimum Gasteiger partial charge on any atom is -0.497 e. The third kappa shape index (κ3) is 3.22. The molecule has 0 unspecified atom stereocenters.